The van der Waals surface area contributed by atoms with Crippen LogP contribution in [0, 0.1) is 0 Å². The minimum Gasteiger partial charge on any atom is -0.494 e. The van der Waals surface area contributed by atoms with Crippen molar-refractivity contribution in [3.05, 3.63) is 82.9 Å². The Bertz CT molecular complexity index is 1290. The van der Waals surface area contributed by atoms with Crippen LogP contribution in [0.15, 0.2) is 71.8 Å². The summed E-state index contributed by atoms with van der Waals surface area (Å²) in [5.74, 6) is 0.945. The molecule has 0 fully saturated rings. The van der Waals surface area contributed by atoms with Gasteiger partial charge in [0, 0.05) is 23.6 Å². The summed E-state index contributed by atoms with van der Waals surface area (Å²) < 4.78 is 8.39. The molecule has 0 radical (unpaired) electrons. The first-order valence-corrected chi connectivity index (χ1v) is 10.7. The van der Waals surface area contributed by atoms with Crippen molar-refractivity contribution in [2.45, 2.75) is 33.2 Å². The first kappa shape index (κ1) is 21.4. The summed E-state index contributed by atoms with van der Waals surface area (Å²) in [7, 11) is 0. The largest absolute Gasteiger partial charge is 0.494 e. The topological polar surface area (TPSA) is 77.6 Å². The monoisotopic (exact) mass is 430 g/mol. The number of benzene rings is 2. The highest BCUT2D eigenvalue weighted by Crippen LogP contribution is 2.22. The molecule has 0 aliphatic carbocycles. The standard InChI is InChI=1S/C25H26N4O3/c1-4-32-21-11-7-19(8-12-21)22-15-23-25(31)28(13-14-29(23)27-22)16-24(30)26-20-9-5-18(6-10-20)17(2)3/h5-15,17H,4,16H2,1-3H3,(H,26,30). The fraction of sp³-hybridized carbons (Fsp3) is 0.240. The van der Waals surface area contributed by atoms with Gasteiger partial charge in [-0.15, -0.1) is 0 Å². The van der Waals surface area contributed by atoms with Crippen molar-refractivity contribution in [1.82, 2.24) is 14.2 Å². The summed E-state index contributed by atoms with van der Waals surface area (Å²) in [5, 5.41) is 7.34. The third-order valence-electron chi connectivity index (χ3n) is 5.24. The number of nitrogens with zero attached hydrogens (tertiary/aromatic N) is 3. The molecule has 0 spiro atoms. The van der Waals surface area contributed by atoms with E-state index in [1.165, 1.54) is 14.6 Å². The van der Waals surface area contributed by atoms with E-state index in [1.807, 2.05) is 55.5 Å². The van der Waals surface area contributed by atoms with E-state index in [-0.39, 0.29) is 18.0 Å². The van der Waals surface area contributed by atoms with E-state index in [1.54, 1.807) is 18.5 Å². The Morgan fingerprint density at radius 2 is 1.78 bits per heavy atom. The van der Waals surface area contributed by atoms with E-state index >= 15 is 0 Å². The van der Waals surface area contributed by atoms with Crippen LogP contribution in [0.3, 0.4) is 0 Å². The van der Waals surface area contributed by atoms with Crippen LogP contribution in [0.5, 0.6) is 5.75 Å². The van der Waals surface area contributed by atoms with Crippen molar-refractivity contribution in [1.29, 1.82) is 0 Å². The van der Waals surface area contributed by atoms with E-state index in [0.29, 0.717) is 29.4 Å². The van der Waals surface area contributed by atoms with Crippen LogP contribution in [0.25, 0.3) is 16.8 Å². The van der Waals surface area contributed by atoms with E-state index < -0.39 is 0 Å². The average molecular weight is 431 g/mol. The number of ether oxygens (including phenoxy) is 1. The Morgan fingerprint density at radius 1 is 1.06 bits per heavy atom. The second kappa shape index (κ2) is 9.09. The van der Waals surface area contributed by atoms with Gasteiger partial charge in [0.25, 0.3) is 5.56 Å². The first-order chi connectivity index (χ1) is 15.4. The molecule has 0 saturated heterocycles. The number of nitrogens with one attached hydrogen (secondary N) is 1. The average Bonchev–Trinajstić information content (AvgIpc) is 3.22. The second-order valence-corrected chi connectivity index (χ2v) is 7.87. The number of hydrogen-bond acceptors (Lipinski definition) is 4. The molecule has 0 saturated carbocycles. The fourth-order valence-electron chi connectivity index (χ4n) is 3.49. The third-order valence-corrected chi connectivity index (χ3v) is 5.24. The van der Waals surface area contributed by atoms with Gasteiger partial charge in [-0.1, -0.05) is 26.0 Å². The molecule has 0 aliphatic rings. The van der Waals surface area contributed by atoms with Crippen LogP contribution in [0.4, 0.5) is 5.69 Å². The number of fused-ring (bicyclic) bond motifs is 1. The third kappa shape index (κ3) is 4.56. The number of hydrogen-bond donors (Lipinski definition) is 1. The van der Waals surface area contributed by atoms with Crippen LogP contribution in [0.2, 0.25) is 0 Å². The molecule has 2 aromatic heterocycles. The minimum absolute atomic E-state index is 0.0785. The quantitative estimate of drug-likeness (QED) is 0.474. The summed E-state index contributed by atoms with van der Waals surface area (Å²) in [4.78, 5) is 25.4. The van der Waals surface area contributed by atoms with Crippen molar-refractivity contribution >= 4 is 17.1 Å². The number of aromatic nitrogens is 3. The zero-order chi connectivity index (χ0) is 22.7. The Labute approximate surface area is 186 Å². The molecule has 164 valence electrons. The molecule has 32 heavy (non-hydrogen) atoms. The van der Waals surface area contributed by atoms with Gasteiger partial charge in [0.05, 0.1) is 12.3 Å². The molecule has 1 amide bonds. The van der Waals surface area contributed by atoms with E-state index in [2.05, 4.69) is 24.3 Å². The molecule has 0 unspecified atom stereocenters. The Balaban J connectivity index is 1.51. The predicted octanol–water partition coefficient (Wildman–Crippen LogP) is 4.32. The van der Waals surface area contributed by atoms with Gasteiger partial charge >= 0.3 is 0 Å². The van der Waals surface area contributed by atoms with Crippen LogP contribution in [-0.4, -0.2) is 26.7 Å². The molecular weight excluding hydrogens is 404 g/mol. The predicted molar refractivity (Wildman–Crippen MR) is 125 cm³/mol. The van der Waals surface area contributed by atoms with Gasteiger partial charge in [-0.3, -0.25) is 9.59 Å². The van der Waals surface area contributed by atoms with E-state index in [0.717, 1.165) is 11.3 Å². The van der Waals surface area contributed by atoms with Crippen molar-refractivity contribution in [3.63, 3.8) is 0 Å². The van der Waals surface area contributed by atoms with E-state index in [4.69, 9.17) is 4.74 Å². The number of rotatable bonds is 7. The smallest absolute Gasteiger partial charge is 0.277 e. The molecule has 1 N–H and O–H groups in total. The highest BCUT2D eigenvalue weighted by Gasteiger charge is 2.12. The SMILES string of the molecule is CCOc1ccc(-c2cc3c(=O)n(CC(=O)Nc4ccc(C(C)C)cc4)ccn3n2)cc1. The summed E-state index contributed by atoms with van der Waals surface area (Å²) in [6.07, 6.45) is 3.26. The first-order valence-electron chi connectivity index (χ1n) is 10.7. The molecule has 4 aromatic rings. The van der Waals surface area contributed by atoms with Crippen LogP contribution in [0.1, 0.15) is 32.3 Å². The second-order valence-electron chi connectivity index (χ2n) is 7.87. The summed E-state index contributed by atoms with van der Waals surface area (Å²) >= 11 is 0. The molecule has 2 heterocycles. The maximum absolute atomic E-state index is 12.9. The Kier molecular flexibility index (Phi) is 6.07. The van der Waals surface area contributed by atoms with Gasteiger partial charge in [-0.25, -0.2) is 4.52 Å². The number of anilines is 1. The number of amides is 1. The molecule has 7 heteroatoms. The molecule has 7 nitrogen and oxygen atoms in total. The van der Waals surface area contributed by atoms with Crippen LogP contribution < -0.4 is 15.6 Å². The summed E-state index contributed by atoms with van der Waals surface area (Å²) in [6, 6.07) is 17.0. The molecule has 4 rings (SSSR count). The van der Waals surface area contributed by atoms with E-state index in [9.17, 15) is 9.59 Å². The fourth-order valence-corrected chi connectivity index (χ4v) is 3.49. The van der Waals surface area contributed by atoms with Crippen molar-refractivity contribution < 1.29 is 9.53 Å². The lowest BCUT2D eigenvalue weighted by Gasteiger charge is -2.09. The Morgan fingerprint density at radius 3 is 2.44 bits per heavy atom. The molecule has 0 bridgehead atoms. The normalized spacial score (nSPS) is 11.1. The lowest BCUT2D eigenvalue weighted by atomic mass is 10.0. The molecule has 2 aromatic carbocycles. The minimum atomic E-state index is -0.275. The molecule has 0 atom stereocenters. The van der Waals surface area contributed by atoms with Gasteiger partial charge in [0.15, 0.2) is 0 Å². The molecule has 0 aliphatic heterocycles. The van der Waals surface area contributed by atoms with Gasteiger partial charge < -0.3 is 14.6 Å². The van der Waals surface area contributed by atoms with Crippen molar-refractivity contribution in [3.8, 4) is 17.0 Å². The maximum atomic E-state index is 12.9. The van der Waals surface area contributed by atoms with Crippen LogP contribution in [-0.2, 0) is 11.3 Å². The maximum Gasteiger partial charge on any atom is 0.277 e. The zero-order valence-electron chi connectivity index (χ0n) is 18.4. The lowest BCUT2D eigenvalue weighted by molar-refractivity contribution is -0.116. The van der Waals surface area contributed by atoms with Crippen molar-refractivity contribution in [2.75, 3.05) is 11.9 Å². The lowest BCUT2D eigenvalue weighted by Crippen LogP contribution is -2.28. The number of carbonyl (C=O) groups is 1. The van der Waals surface area contributed by atoms with Gasteiger partial charge in [-0.2, -0.15) is 5.10 Å². The zero-order valence-corrected chi connectivity index (χ0v) is 18.4. The summed E-state index contributed by atoms with van der Waals surface area (Å²) in [6.45, 7) is 6.69. The molecular formula is C25H26N4O3. The summed E-state index contributed by atoms with van der Waals surface area (Å²) in [5.41, 5.74) is 3.60. The highest BCUT2D eigenvalue weighted by molar-refractivity contribution is 5.90. The number of carbonyl (C=O) groups excluding carboxylic acids is 1. The van der Waals surface area contributed by atoms with Gasteiger partial charge in [-0.05, 0) is 60.9 Å². The van der Waals surface area contributed by atoms with Gasteiger partial charge in [0.2, 0.25) is 5.91 Å². The van der Waals surface area contributed by atoms with Gasteiger partial charge in [0.1, 0.15) is 17.8 Å². The Hall–Kier alpha value is -3.87. The van der Waals surface area contributed by atoms with Crippen molar-refractivity contribution in [2.24, 2.45) is 0 Å². The highest BCUT2D eigenvalue weighted by atomic mass is 16.5. The van der Waals surface area contributed by atoms with Crippen LogP contribution >= 0.6 is 0 Å².